The lowest BCUT2D eigenvalue weighted by molar-refractivity contribution is -0.159. The van der Waals surface area contributed by atoms with Crippen molar-refractivity contribution in [3.8, 4) is 5.75 Å². The Hall–Kier alpha value is -2.42. The van der Waals surface area contributed by atoms with E-state index in [2.05, 4.69) is 69.2 Å². The van der Waals surface area contributed by atoms with Crippen LogP contribution in [-0.2, 0) is 22.7 Å². The van der Waals surface area contributed by atoms with E-state index in [1.807, 2.05) is 12.1 Å². The first-order valence-electron chi connectivity index (χ1n) is 10.0. The van der Waals surface area contributed by atoms with Gasteiger partial charge in [-0.15, -0.1) is 0 Å². The minimum Gasteiger partial charge on any atom is -0.496 e. The molecular weight excluding hydrogens is 464 g/mol. The Kier molecular flexibility index (Phi) is 9.97. The largest absolute Gasteiger partial charge is 0.496 e. The molecule has 0 atom stereocenters. The van der Waals surface area contributed by atoms with Gasteiger partial charge in [0.15, 0.2) is 0 Å². The van der Waals surface area contributed by atoms with Crippen molar-refractivity contribution in [3.05, 3.63) is 64.1 Å². The fourth-order valence-corrected chi connectivity index (χ4v) is 4.04. The maximum atomic E-state index is 9.10. The summed E-state index contributed by atoms with van der Waals surface area (Å²) in [7, 11) is 4.00. The minimum atomic E-state index is -1.82. The highest BCUT2D eigenvalue weighted by Gasteiger charge is 2.23. The van der Waals surface area contributed by atoms with Crippen LogP contribution in [-0.4, -0.2) is 65.2 Å². The van der Waals surface area contributed by atoms with E-state index in [1.54, 1.807) is 7.11 Å². The number of aliphatic carboxylic acids is 2. The van der Waals surface area contributed by atoms with Crippen molar-refractivity contribution in [2.24, 2.45) is 0 Å². The molecule has 8 heteroatoms. The topological polar surface area (TPSA) is 90.3 Å². The molecule has 0 aromatic heterocycles. The van der Waals surface area contributed by atoms with Crippen LogP contribution in [0.5, 0.6) is 5.75 Å². The first kappa shape index (κ1) is 24.8. The van der Waals surface area contributed by atoms with Crippen molar-refractivity contribution in [1.29, 1.82) is 0 Å². The van der Waals surface area contributed by atoms with Gasteiger partial charge in [-0.2, -0.15) is 0 Å². The second-order valence-corrected chi connectivity index (χ2v) is 8.39. The molecule has 31 heavy (non-hydrogen) atoms. The van der Waals surface area contributed by atoms with E-state index >= 15 is 0 Å². The van der Waals surface area contributed by atoms with E-state index in [-0.39, 0.29) is 0 Å². The second-order valence-electron chi connectivity index (χ2n) is 7.47. The first-order chi connectivity index (χ1) is 14.8. The van der Waals surface area contributed by atoms with Gasteiger partial charge in [0, 0.05) is 29.2 Å². The zero-order chi connectivity index (χ0) is 22.8. The maximum Gasteiger partial charge on any atom is 0.414 e. The average Bonchev–Trinajstić information content (AvgIpc) is 2.75. The molecule has 2 aromatic carbocycles. The van der Waals surface area contributed by atoms with Crippen LogP contribution in [0, 0.1) is 0 Å². The third-order valence-electron chi connectivity index (χ3n) is 5.27. The van der Waals surface area contributed by atoms with E-state index in [0.29, 0.717) is 6.04 Å². The Bertz CT molecular complexity index is 842. The minimum absolute atomic E-state index is 0.667. The van der Waals surface area contributed by atoms with Crippen LogP contribution in [0.25, 0.3) is 0 Å². The number of ether oxygens (including phenoxy) is 1. The summed E-state index contributed by atoms with van der Waals surface area (Å²) < 4.78 is 6.62. The zero-order valence-corrected chi connectivity index (χ0v) is 19.4. The maximum absolute atomic E-state index is 9.10. The predicted molar refractivity (Wildman–Crippen MR) is 122 cm³/mol. The number of nitrogens with zero attached hydrogens (tertiary/aromatic N) is 2. The number of hydrogen-bond donors (Lipinski definition) is 2. The average molecular weight is 493 g/mol. The third-order valence-corrected chi connectivity index (χ3v) is 5.77. The Balaban J connectivity index is 0.000000501. The number of methoxy groups -OCH3 is 1. The fourth-order valence-electron chi connectivity index (χ4n) is 3.63. The molecule has 1 heterocycles. The third kappa shape index (κ3) is 8.32. The SMILES string of the molecule is COc1ccc(Br)cc1CN1CCC(N(C)Cc2ccccc2)CC1.O=C(O)C(=O)O. The van der Waals surface area contributed by atoms with Gasteiger partial charge in [0.1, 0.15) is 5.75 Å². The van der Waals surface area contributed by atoms with Crippen molar-refractivity contribution in [1.82, 2.24) is 9.80 Å². The molecule has 0 unspecified atom stereocenters. The molecule has 1 fully saturated rings. The molecule has 1 saturated heterocycles. The summed E-state index contributed by atoms with van der Waals surface area (Å²) in [5.41, 5.74) is 2.65. The number of benzene rings is 2. The van der Waals surface area contributed by atoms with E-state index in [0.717, 1.165) is 36.4 Å². The molecule has 1 aliphatic rings. The van der Waals surface area contributed by atoms with Crippen LogP contribution in [0.15, 0.2) is 53.0 Å². The van der Waals surface area contributed by atoms with Crippen LogP contribution in [0.1, 0.15) is 24.0 Å². The second kappa shape index (κ2) is 12.4. The molecule has 0 saturated carbocycles. The molecule has 0 radical (unpaired) electrons. The van der Waals surface area contributed by atoms with Crippen LogP contribution >= 0.6 is 15.9 Å². The molecule has 0 spiro atoms. The van der Waals surface area contributed by atoms with Crippen LogP contribution in [0.3, 0.4) is 0 Å². The van der Waals surface area contributed by atoms with E-state index in [1.165, 1.54) is 24.0 Å². The van der Waals surface area contributed by atoms with Crippen molar-refractivity contribution >= 4 is 27.9 Å². The summed E-state index contributed by atoms with van der Waals surface area (Å²) >= 11 is 3.57. The Morgan fingerprint density at radius 2 is 1.71 bits per heavy atom. The lowest BCUT2D eigenvalue weighted by Crippen LogP contribution is -2.42. The van der Waals surface area contributed by atoms with Crippen molar-refractivity contribution in [2.75, 3.05) is 27.2 Å². The monoisotopic (exact) mass is 492 g/mol. The number of halogens is 1. The van der Waals surface area contributed by atoms with E-state index in [4.69, 9.17) is 24.5 Å². The molecule has 3 rings (SSSR count). The molecule has 7 nitrogen and oxygen atoms in total. The van der Waals surface area contributed by atoms with Crippen LogP contribution in [0.2, 0.25) is 0 Å². The highest BCUT2D eigenvalue weighted by Crippen LogP contribution is 2.26. The first-order valence-corrected chi connectivity index (χ1v) is 10.8. The molecule has 0 amide bonds. The fraction of sp³-hybridized carbons (Fsp3) is 0.391. The van der Waals surface area contributed by atoms with Crippen molar-refractivity contribution < 1.29 is 24.5 Å². The van der Waals surface area contributed by atoms with Crippen molar-refractivity contribution in [2.45, 2.75) is 32.0 Å². The van der Waals surface area contributed by atoms with E-state index < -0.39 is 11.9 Å². The number of hydrogen-bond acceptors (Lipinski definition) is 5. The van der Waals surface area contributed by atoms with E-state index in [9.17, 15) is 0 Å². The summed E-state index contributed by atoms with van der Waals surface area (Å²) in [5.74, 6) is -2.67. The van der Waals surface area contributed by atoms with Crippen molar-refractivity contribution in [3.63, 3.8) is 0 Å². The molecule has 0 aliphatic carbocycles. The number of rotatable bonds is 6. The highest BCUT2D eigenvalue weighted by molar-refractivity contribution is 9.10. The lowest BCUT2D eigenvalue weighted by Gasteiger charge is -2.37. The number of carboxylic acid groups (broad SMARTS) is 2. The summed E-state index contributed by atoms with van der Waals surface area (Å²) in [6, 6.07) is 17.7. The number of piperidine rings is 1. The van der Waals surface area contributed by atoms with Gasteiger partial charge in [-0.3, -0.25) is 9.80 Å². The molecule has 0 bridgehead atoms. The Morgan fingerprint density at radius 3 is 2.26 bits per heavy atom. The summed E-state index contributed by atoms with van der Waals surface area (Å²) in [4.78, 5) is 23.2. The van der Waals surface area contributed by atoms with Gasteiger partial charge in [-0.05, 0) is 56.7 Å². The zero-order valence-electron chi connectivity index (χ0n) is 17.8. The molecule has 2 N–H and O–H groups in total. The van der Waals surface area contributed by atoms with Crippen LogP contribution < -0.4 is 4.74 Å². The predicted octanol–water partition coefficient (Wildman–Crippen LogP) is 3.71. The lowest BCUT2D eigenvalue weighted by atomic mass is 10.0. The quantitative estimate of drug-likeness (QED) is 0.593. The Labute approximate surface area is 191 Å². The smallest absolute Gasteiger partial charge is 0.414 e. The Morgan fingerprint density at radius 1 is 1.10 bits per heavy atom. The van der Waals surface area contributed by atoms with Gasteiger partial charge < -0.3 is 14.9 Å². The summed E-state index contributed by atoms with van der Waals surface area (Å²) in [5, 5.41) is 14.8. The standard InChI is InChI=1S/C21H27BrN2O.C2H2O4/c1-23(15-17-6-4-3-5-7-17)20-10-12-24(13-11-20)16-18-14-19(22)8-9-21(18)25-2;3-1(4)2(5)6/h3-9,14,20H,10-13,15-16H2,1-2H3;(H,3,4)(H,5,6). The van der Waals surface area contributed by atoms with Gasteiger partial charge in [0.05, 0.1) is 7.11 Å². The molecule has 1 aliphatic heterocycles. The normalized spacial score (nSPS) is 14.6. The van der Waals surface area contributed by atoms with Gasteiger partial charge in [0.2, 0.25) is 0 Å². The van der Waals surface area contributed by atoms with Gasteiger partial charge in [0.25, 0.3) is 0 Å². The summed E-state index contributed by atoms with van der Waals surface area (Å²) in [6.07, 6.45) is 2.44. The van der Waals surface area contributed by atoms with Gasteiger partial charge in [-0.25, -0.2) is 9.59 Å². The number of carboxylic acids is 2. The molecular formula is C23H29BrN2O5. The highest BCUT2D eigenvalue weighted by atomic mass is 79.9. The summed E-state index contributed by atoms with van der Waals surface area (Å²) in [6.45, 7) is 4.27. The molecule has 2 aromatic rings. The van der Waals surface area contributed by atoms with Gasteiger partial charge in [-0.1, -0.05) is 46.3 Å². The number of likely N-dealkylation sites (tertiary alicyclic amines) is 1. The van der Waals surface area contributed by atoms with Crippen LogP contribution in [0.4, 0.5) is 0 Å². The number of carbonyl (C=O) groups is 2. The molecule has 168 valence electrons. The van der Waals surface area contributed by atoms with Gasteiger partial charge >= 0.3 is 11.9 Å².